The van der Waals surface area contributed by atoms with E-state index in [2.05, 4.69) is 28.8 Å². The summed E-state index contributed by atoms with van der Waals surface area (Å²) in [5, 5.41) is 6.32. The summed E-state index contributed by atoms with van der Waals surface area (Å²) in [5.41, 5.74) is 4.18. The van der Waals surface area contributed by atoms with E-state index in [4.69, 9.17) is 14.2 Å². The topological polar surface area (TPSA) is 68.8 Å². The molecule has 3 rings (SSSR count). The molecule has 1 amide bonds. The Morgan fingerprint density at radius 2 is 1.55 bits per heavy atom. The van der Waals surface area contributed by atoms with Gasteiger partial charge in [-0.1, -0.05) is 18.2 Å². The molecule has 0 atom stereocenters. The van der Waals surface area contributed by atoms with Crippen molar-refractivity contribution >= 4 is 18.3 Å². The number of rotatable bonds is 9. The van der Waals surface area contributed by atoms with Gasteiger partial charge in [0.25, 0.3) is 5.91 Å². The number of benzene rings is 2. The molecule has 0 unspecified atom stereocenters. The van der Waals surface area contributed by atoms with Crippen LogP contribution in [0, 0.1) is 0 Å². The molecule has 1 heterocycles. The molecule has 2 N–H and O–H groups in total. The van der Waals surface area contributed by atoms with Gasteiger partial charge in [-0.05, 0) is 49.6 Å². The van der Waals surface area contributed by atoms with Crippen LogP contribution >= 0.6 is 12.4 Å². The third kappa shape index (κ3) is 5.55. The summed E-state index contributed by atoms with van der Waals surface area (Å²) in [5.74, 6) is 1.39. The van der Waals surface area contributed by atoms with E-state index in [1.54, 1.807) is 12.1 Å². The van der Waals surface area contributed by atoms with Crippen molar-refractivity contribution in [2.24, 2.45) is 0 Å². The van der Waals surface area contributed by atoms with E-state index in [0.29, 0.717) is 49.2 Å². The Hall–Kier alpha value is -2.44. The number of hydrogen-bond acceptors (Lipinski definition) is 5. The Morgan fingerprint density at radius 1 is 0.931 bits per heavy atom. The van der Waals surface area contributed by atoms with E-state index >= 15 is 0 Å². The number of ether oxygens (including phenoxy) is 3. The lowest BCUT2D eigenvalue weighted by molar-refractivity contribution is 0.0949. The standard InChI is InChI=1S/C22H28N2O4.ClH/c1-4-26-19-10-17(11-20(27-5-2)21(19)28-6-3)22(25)24-12-15-7-8-16-13-23-14-18(16)9-15;/h7-11,23H,4-6,12-14H2,1-3H3,(H,24,25);1H. The number of nitrogens with one attached hydrogen (secondary N) is 2. The summed E-state index contributed by atoms with van der Waals surface area (Å²) in [6.07, 6.45) is 0. The highest BCUT2D eigenvalue weighted by atomic mass is 35.5. The average Bonchev–Trinajstić information content (AvgIpc) is 3.16. The summed E-state index contributed by atoms with van der Waals surface area (Å²) in [7, 11) is 0. The molecule has 0 aromatic heterocycles. The van der Waals surface area contributed by atoms with E-state index in [0.717, 1.165) is 18.7 Å². The van der Waals surface area contributed by atoms with Gasteiger partial charge in [-0.2, -0.15) is 0 Å². The van der Waals surface area contributed by atoms with Crippen molar-refractivity contribution in [1.29, 1.82) is 0 Å². The predicted octanol–water partition coefficient (Wildman–Crippen LogP) is 3.84. The molecule has 0 aliphatic carbocycles. The third-order valence-corrected chi connectivity index (χ3v) is 4.53. The van der Waals surface area contributed by atoms with Gasteiger partial charge in [0, 0.05) is 25.2 Å². The molecule has 158 valence electrons. The second-order valence-corrected chi connectivity index (χ2v) is 6.49. The first kappa shape index (κ1) is 22.8. The molecule has 0 saturated heterocycles. The summed E-state index contributed by atoms with van der Waals surface area (Å²) >= 11 is 0. The molecule has 0 bridgehead atoms. The second kappa shape index (κ2) is 10.9. The van der Waals surface area contributed by atoms with Crippen molar-refractivity contribution in [1.82, 2.24) is 10.6 Å². The maximum absolute atomic E-state index is 12.8. The predicted molar refractivity (Wildman–Crippen MR) is 115 cm³/mol. The number of fused-ring (bicyclic) bond motifs is 1. The molecule has 6 nitrogen and oxygen atoms in total. The van der Waals surface area contributed by atoms with Crippen LogP contribution in [-0.2, 0) is 19.6 Å². The second-order valence-electron chi connectivity index (χ2n) is 6.49. The molecule has 0 fully saturated rings. The minimum absolute atomic E-state index is 0. The maximum Gasteiger partial charge on any atom is 0.251 e. The SMILES string of the molecule is CCOc1cc(C(=O)NCc2ccc3c(c2)CNC3)cc(OCC)c1OCC.Cl. The van der Waals surface area contributed by atoms with E-state index < -0.39 is 0 Å². The number of carbonyl (C=O) groups is 1. The highest BCUT2D eigenvalue weighted by Crippen LogP contribution is 2.39. The Kier molecular flexibility index (Phi) is 8.61. The van der Waals surface area contributed by atoms with Crippen molar-refractivity contribution in [2.45, 2.75) is 40.4 Å². The van der Waals surface area contributed by atoms with Crippen molar-refractivity contribution in [3.8, 4) is 17.2 Å². The van der Waals surface area contributed by atoms with Gasteiger partial charge in [0.1, 0.15) is 0 Å². The smallest absolute Gasteiger partial charge is 0.251 e. The zero-order valence-corrected chi connectivity index (χ0v) is 18.0. The van der Waals surface area contributed by atoms with Gasteiger partial charge >= 0.3 is 0 Å². The zero-order chi connectivity index (χ0) is 19.9. The average molecular weight is 421 g/mol. The van der Waals surface area contributed by atoms with Gasteiger partial charge in [-0.25, -0.2) is 0 Å². The van der Waals surface area contributed by atoms with E-state index in [-0.39, 0.29) is 18.3 Å². The molecule has 1 aliphatic heterocycles. The molecular formula is C22H29ClN2O4. The van der Waals surface area contributed by atoms with Crippen LogP contribution in [-0.4, -0.2) is 25.7 Å². The summed E-state index contributed by atoms with van der Waals surface area (Å²) < 4.78 is 17.1. The molecule has 1 aliphatic rings. The first-order valence-electron chi connectivity index (χ1n) is 9.82. The summed E-state index contributed by atoms with van der Waals surface area (Å²) in [4.78, 5) is 12.8. The van der Waals surface area contributed by atoms with Gasteiger partial charge < -0.3 is 24.8 Å². The molecule has 2 aromatic rings. The lowest BCUT2D eigenvalue weighted by Crippen LogP contribution is -2.23. The van der Waals surface area contributed by atoms with Crippen molar-refractivity contribution in [3.63, 3.8) is 0 Å². The van der Waals surface area contributed by atoms with Crippen LogP contribution in [0.15, 0.2) is 30.3 Å². The van der Waals surface area contributed by atoms with E-state index in [9.17, 15) is 4.79 Å². The fraction of sp³-hybridized carbons (Fsp3) is 0.409. The Labute approximate surface area is 178 Å². The number of hydrogen-bond donors (Lipinski definition) is 2. The minimum atomic E-state index is -0.177. The maximum atomic E-state index is 12.8. The van der Waals surface area contributed by atoms with Gasteiger partial charge in [-0.3, -0.25) is 4.79 Å². The normalized spacial score (nSPS) is 12.0. The summed E-state index contributed by atoms with van der Waals surface area (Å²) in [6.45, 7) is 9.38. The highest BCUT2D eigenvalue weighted by molar-refractivity contribution is 5.95. The fourth-order valence-electron chi connectivity index (χ4n) is 3.26. The van der Waals surface area contributed by atoms with E-state index in [1.165, 1.54) is 11.1 Å². The molecule has 0 spiro atoms. The molecule has 29 heavy (non-hydrogen) atoms. The monoisotopic (exact) mass is 420 g/mol. The van der Waals surface area contributed by atoms with Gasteiger partial charge in [-0.15, -0.1) is 12.4 Å². The third-order valence-electron chi connectivity index (χ3n) is 4.53. The van der Waals surface area contributed by atoms with Crippen LogP contribution in [0.3, 0.4) is 0 Å². The molecule has 2 aromatic carbocycles. The zero-order valence-electron chi connectivity index (χ0n) is 17.2. The van der Waals surface area contributed by atoms with Gasteiger partial charge in [0.15, 0.2) is 11.5 Å². The summed E-state index contributed by atoms with van der Waals surface area (Å²) in [6, 6.07) is 9.73. The van der Waals surface area contributed by atoms with E-state index in [1.807, 2.05) is 20.8 Å². The van der Waals surface area contributed by atoms with Crippen LogP contribution in [0.5, 0.6) is 17.2 Å². The van der Waals surface area contributed by atoms with Crippen LogP contribution in [0.1, 0.15) is 47.8 Å². The molecule has 0 saturated carbocycles. The Bertz CT molecular complexity index is 815. The lowest BCUT2D eigenvalue weighted by Gasteiger charge is -2.17. The lowest BCUT2D eigenvalue weighted by atomic mass is 10.1. The van der Waals surface area contributed by atoms with Gasteiger partial charge in [0.2, 0.25) is 5.75 Å². The van der Waals surface area contributed by atoms with Crippen LogP contribution < -0.4 is 24.8 Å². The van der Waals surface area contributed by atoms with Crippen molar-refractivity contribution in [2.75, 3.05) is 19.8 Å². The van der Waals surface area contributed by atoms with Crippen LogP contribution in [0.25, 0.3) is 0 Å². The van der Waals surface area contributed by atoms with Crippen LogP contribution in [0.4, 0.5) is 0 Å². The van der Waals surface area contributed by atoms with Crippen molar-refractivity contribution in [3.05, 3.63) is 52.6 Å². The van der Waals surface area contributed by atoms with Crippen molar-refractivity contribution < 1.29 is 19.0 Å². The molecule has 7 heteroatoms. The number of amides is 1. The number of halogens is 1. The minimum Gasteiger partial charge on any atom is -0.490 e. The van der Waals surface area contributed by atoms with Crippen LogP contribution in [0.2, 0.25) is 0 Å². The molecular weight excluding hydrogens is 392 g/mol. The largest absolute Gasteiger partial charge is 0.490 e. The fourth-order valence-corrected chi connectivity index (χ4v) is 3.26. The highest BCUT2D eigenvalue weighted by Gasteiger charge is 2.18. The first-order chi connectivity index (χ1) is 13.7. The first-order valence-corrected chi connectivity index (χ1v) is 9.82. The molecule has 0 radical (unpaired) electrons. The Morgan fingerprint density at radius 3 is 2.17 bits per heavy atom. The van der Waals surface area contributed by atoms with Gasteiger partial charge in [0.05, 0.1) is 19.8 Å². The quantitative estimate of drug-likeness (QED) is 0.645. The Balaban J connectivity index is 0.00000300. The number of carbonyl (C=O) groups excluding carboxylic acids is 1.